The van der Waals surface area contributed by atoms with Crippen LogP contribution in [-0.4, -0.2) is 54.4 Å². The van der Waals surface area contributed by atoms with Gasteiger partial charge in [0.25, 0.3) is 0 Å². The summed E-state index contributed by atoms with van der Waals surface area (Å²) >= 11 is 0. The molecule has 0 radical (unpaired) electrons. The molecule has 2 aromatic heterocycles. The first-order valence-corrected chi connectivity index (χ1v) is 9.48. The van der Waals surface area contributed by atoms with Crippen LogP contribution in [0.1, 0.15) is 32.2 Å². The van der Waals surface area contributed by atoms with Gasteiger partial charge in [0.1, 0.15) is 0 Å². The highest BCUT2D eigenvalue weighted by atomic mass is 16.3. The maximum atomic E-state index is 12.1. The molecule has 1 fully saturated rings. The van der Waals surface area contributed by atoms with E-state index in [2.05, 4.69) is 27.3 Å². The van der Waals surface area contributed by atoms with Gasteiger partial charge < -0.3 is 14.6 Å². The summed E-state index contributed by atoms with van der Waals surface area (Å²) in [6, 6.07) is 4.32. The van der Waals surface area contributed by atoms with Crippen LogP contribution in [0, 0.1) is 0 Å². The van der Waals surface area contributed by atoms with Crippen LogP contribution in [0.15, 0.2) is 37.3 Å². The molecule has 2 atom stereocenters. The van der Waals surface area contributed by atoms with Gasteiger partial charge in [-0.3, -0.25) is 9.48 Å². The summed E-state index contributed by atoms with van der Waals surface area (Å²) in [5.41, 5.74) is 2.94. The lowest BCUT2D eigenvalue weighted by Gasteiger charge is -2.24. The highest BCUT2D eigenvalue weighted by Crippen LogP contribution is 2.28. The second-order valence-electron chi connectivity index (χ2n) is 7.37. The standard InChI is InChI=1S/C20H25N5O2/c1-3-20(27)23-7-5-4-6-16(12-23)24-13-21-17-8-15-10-22-25(11-14(2)26)18(15)9-19(17)24/h3,8-10,13-14,16,26H,1,4-7,11-12H2,2H3/t14-,16+/m0/s1. The van der Waals surface area contributed by atoms with Crippen LogP contribution < -0.4 is 0 Å². The Morgan fingerprint density at radius 2 is 2.26 bits per heavy atom. The average molecular weight is 367 g/mol. The number of fused-ring (bicyclic) bond motifs is 2. The SMILES string of the molecule is C=CC(=O)N1CCCC[C@@H](n2cnc3cc4cnn(C[C@H](C)O)c4cc32)C1. The molecule has 142 valence electrons. The first kappa shape index (κ1) is 17.7. The predicted molar refractivity (Wildman–Crippen MR) is 104 cm³/mol. The third kappa shape index (κ3) is 3.35. The number of imidazole rings is 1. The van der Waals surface area contributed by atoms with E-state index in [0.29, 0.717) is 13.1 Å². The zero-order chi connectivity index (χ0) is 19.0. The van der Waals surface area contributed by atoms with E-state index in [1.807, 2.05) is 28.2 Å². The summed E-state index contributed by atoms with van der Waals surface area (Å²) < 4.78 is 4.01. The fourth-order valence-electron chi connectivity index (χ4n) is 3.96. The Bertz CT molecular complexity index is 987. The van der Waals surface area contributed by atoms with Gasteiger partial charge >= 0.3 is 0 Å². The smallest absolute Gasteiger partial charge is 0.246 e. The molecule has 0 saturated carbocycles. The van der Waals surface area contributed by atoms with Crippen LogP contribution >= 0.6 is 0 Å². The molecule has 0 aliphatic carbocycles. The number of hydrogen-bond acceptors (Lipinski definition) is 4. The average Bonchev–Trinajstić information content (AvgIpc) is 3.14. The number of carbonyl (C=O) groups excluding carboxylic acids is 1. The number of carbonyl (C=O) groups is 1. The molecular formula is C20H25N5O2. The van der Waals surface area contributed by atoms with Gasteiger partial charge in [-0.1, -0.05) is 6.58 Å². The molecule has 7 heteroatoms. The minimum absolute atomic E-state index is 0.0104. The number of aliphatic hydroxyl groups is 1. The second-order valence-corrected chi connectivity index (χ2v) is 7.37. The van der Waals surface area contributed by atoms with Gasteiger partial charge in [0, 0.05) is 18.5 Å². The zero-order valence-corrected chi connectivity index (χ0v) is 15.6. The molecule has 1 saturated heterocycles. The molecule has 3 aromatic rings. The third-order valence-electron chi connectivity index (χ3n) is 5.30. The number of amides is 1. The van der Waals surface area contributed by atoms with E-state index in [0.717, 1.165) is 47.7 Å². The lowest BCUT2D eigenvalue weighted by Crippen LogP contribution is -2.34. The summed E-state index contributed by atoms with van der Waals surface area (Å²) in [5.74, 6) is -0.0104. The molecule has 4 rings (SSSR count). The van der Waals surface area contributed by atoms with Crippen molar-refractivity contribution in [2.75, 3.05) is 13.1 Å². The van der Waals surface area contributed by atoms with Gasteiger partial charge in [0.05, 0.1) is 47.8 Å². The zero-order valence-electron chi connectivity index (χ0n) is 15.6. The van der Waals surface area contributed by atoms with Crippen molar-refractivity contribution in [1.29, 1.82) is 0 Å². The molecule has 1 aliphatic rings. The maximum Gasteiger partial charge on any atom is 0.246 e. The number of aromatic nitrogens is 4. The van der Waals surface area contributed by atoms with E-state index in [-0.39, 0.29) is 11.9 Å². The number of aliphatic hydroxyl groups excluding tert-OH is 1. The van der Waals surface area contributed by atoms with E-state index in [1.165, 1.54) is 6.08 Å². The minimum atomic E-state index is -0.464. The lowest BCUT2D eigenvalue weighted by atomic mass is 10.1. The Labute approximate surface area is 157 Å². The maximum absolute atomic E-state index is 12.1. The van der Waals surface area contributed by atoms with Gasteiger partial charge in [-0.15, -0.1) is 0 Å². The van der Waals surface area contributed by atoms with Crippen LogP contribution in [0.2, 0.25) is 0 Å². The minimum Gasteiger partial charge on any atom is -0.391 e. The summed E-state index contributed by atoms with van der Waals surface area (Å²) in [6.07, 6.45) is 7.72. The molecule has 1 N–H and O–H groups in total. The van der Waals surface area contributed by atoms with E-state index < -0.39 is 6.10 Å². The Morgan fingerprint density at radius 1 is 1.41 bits per heavy atom. The van der Waals surface area contributed by atoms with Crippen LogP contribution in [0.5, 0.6) is 0 Å². The van der Waals surface area contributed by atoms with Crippen molar-refractivity contribution in [3.63, 3.8) is 0 Å². The summed E-state index contributed by atoms with van der Waals surface area (Å²) in [7, 11) is 0. The fourth-order valence-corrected chi connectivity index (χ4v) is 3.96. The molecule has 1 aromatic carbocycles. The van der Waals surface area contributed by atoms with E-state index in [9.17, 15) is 9.90 Å². The van der Waals surface area contributed by atoms with E-state index in [4.69, 9.17) is 0 Å². The Hall–Kier alpha value is -2.67. The van der Waals surface area contributed by atoms with Crippen LogP contribution in [-0.2, 0) is 11.3 Å². The molecule has 1 aliphatic heterocycles. The van der Waals surface area contributed by atoms with Crippen molar-refractivity contribution in [2.45, 2.75) is 44.9 Å². The van der Waals surface area contributed by atoms with Crippen molar-refractivity contribution < 1.29 is 9.90 Å². The lowest BCUT2D eigenvalue weighted by molar-refractivity contribution is -0.126. The second kappa shape index (κ2) is 7.15. The summed E-state index contributed by atoms with van der Waals surface area (Å²) in [4.78, 5) is 18.6. The highest BCUT2D eigenvalue weighted by Gasteiger charge is 2.23. The summed E-state index contributed by atoms with van der Waals surface area (Å²) in [5, 5.41) is 15.1. The van der Waals surface area contributed by atoms with Gasteiger partial charge in [-0.25, -0.2) is 4.98 Å². The molecule has 3 heterocycles. The molecule has 7 nitrogen and oxygen atoms in total. The Balaban J connectivity index is 1.74. The predicted octanol–water partition coefficient (Wildman–Crippen LogP) is 2.51. The van der Waals surface area contributed by atoms with Gasteiger partial charge in [-0.05, 0) is 44.4 Å². The monoisotopic (exact) mass is 367 g/mol. The van der Waals surface area contributed by atoms with E-state index >= 15 is 0 Å². The van der Waals surface area contributed by atoms with E-state index in [1.54, 1.807) is 6.92 Å². The third-order valence-corrected chi connectivity index (χ3v) is 5.30. The summed E-state index contributed by atoms with van der Waals surface area (Å²) in [6.45, 7) is 7.28. The molecule has 0 bridgehead atoms. The number of likely N-dealkylation sites (tertiary alicyclic amines) is 1. The normalized spacial score (nSPS) is 19.3. The Kier molecular flexibility index (Phi) is 4.70. The van der Waals surface area contributed by atoms with Gasteiger partial charge in [0.15, 0.2) is 0 Å². The number of benzene rings is 1. The number of hydrogen-bond donors (Lipinski definition) is 1. The molecule has 0 unspecified atom stereocenters. The van der Waals surface area contributed by atoms with Crippen molar-refractivity contribution >= 4 is 27.8 Å². The quantitative estimate of drug-likeness (QED) is 0.719. The van der Waals surface area contributed by atoms with Crippen molar-refractivity contribution in [2.24, 2.45) is 0 Å². The van der Waals surface area contributed by atoms with Gasteiger partial charge in [-0.2, -0.15) is 5.10 Å². The highest BCUT2D eigenvalue weighted by molar-refractivity contribution is 5.93. The first-order chi connectivity index (χ1) is 13.1. The van der Waals surface area contributed by atoms with Crippen molar-refractivity contribution in [1.82, 2.24) is 24.2 Å². The van der Waals surface area contributed by atoms with Crippen LogP contribution in [0.3, 0.4) is 0 Å². The Morgan fingerprint density at radius 3 is 3.04 bits per heavy atom. The fraction of sp³-hybridized carbons (Fsp3) is 0.450. The largest absolute Gasteiger partial charge is 0.391 e. The van der Waals surface area contributed by atoms with Gasteiger partial charge in [0.2, 0.25) is 5.91 Å². The molecular weight excluding hydrogens is 342 g/mol. The van der Waals surface area contributed by atoms with Crippen molar-refractivity contribution in [3.05, 3.63) is 37.3 Å². The topological polar surface area (TPSA) is 76.2 Å². The first-order valence-electron chi connectivity index (χ1n) is 9.48. The molecule has 27 heavy (non-hydrogen) atoms. The molecule has 1 amide bonds. The van der Waals surface area contributed by atoms with Crippen molar-refractivity contribution in [3.8, 4) is 0 Å². The van der Waals surface area contributed by atoms with Crippen LogP contribution in [0.25, 0.3) is 21.9 Å². The molecule has 0 spiro atoms. The van der Waals surface area contributed by atoms with Crippen LogP contribution in [0.4, 0.5) is 0 Å². The number of rotatable bonds is 4. The number of nitrogens with zero attached hydrogens (tertiary/aromatic N) is 5.